The van der Waals surface area contributed by atoms with Gasteiger partial charge in [-0.2, -0.15) is 5.10 Å². The summed E-state index contributed by atoms with van der Waals surface area (Å²) in [6.07, 6.45) is 4.47. The number of anilines is 2. The van der Waals surface area contributed by atoms with E-state index in [4.69, 9.17) is 4.74 Å². The molecule has 0 aromatic carbocycles. The summed E-state index contributed by atoms with van der Waals surface area (Å²) in [5.41, 5.74) is 2.06. The Kier molecular flexibility index (Phi) is 5.37. The van der Waals surface area contributed by atoms with Gasteiger partial charge in [-0.25, -0.2) is 14.6 Å². The van der Waals surface area contributed by atoms with E-state index in [1.807, 2.05) is 13.1 Å². The van der Waals surface area contributed by atoms with Crippen LogP contribution in [0.25, 0.3) is 0 Å². The molecule has 1 saturated heterocycles. The molecule has 2 aromatic rings. The van der Waals surface area contributed by atoms with Crippen LogP contribution in [0, 0.1) is 0 Å². The minimum atomic E-state index is 0.146. The summed E-state index contributed by atoms with van der Waals surface area (Å²) in [6, 6.07) is 2.08. The molecule has 1 unspecified atom stereocenters. The highest BCUT2D eigenvalue weighted by molar-refractivity contribution is 5.50. The summed E-state index contributed by atoms with van der Waals surface area (Å²) in [7, 11) is 3.54. The Hall–Kier alpha value is -2.35. The Morgan fingerprint density at radius 1 is 1.40 bits per heavy atom. The summed E-state index contributed by atoms with van der Waals surface area (Å²) < 4.78 is 7.23. The molecule has 0 radical (unpaired) electrons. The minimum absolute atomic E-state index is 0.146. The van der Waals surface area contributed by atoms with Gasteiger partial charge < -0.3 is 20.1 Å². The van der Waals surface area contributed by atoms with Crippen LogP contribution < -0.4 is 15.0 Å². The lowest BCUT2D eigenvalue weighted by Crippen LogP contribution is -2.32. The van der Waals surface area contributed by atoms with Gasteiger partial charge in [0.1, 0.15) is 18.0 Å². The van der Waals surface area contributed by atoms with Gasteiger partial charge in [0, 0.05) is 26.2 Å². The Morgan fingerprint density at radius 2 is 2.24 bits per heavy atom. The van der Waals surface area contributed by atoms with Crippen LogP contribution >= 0.6 is 0 Å². The molecule has 8 heteroatoms. The molecule has 2 N–H and O–H groups in total. The van der Waals surface area contributed by atoms with E-state index in [1.54, 1.807) is 18.1 Å². The van der Waals surface area contributed by atoms with Crippen LogP contribution in [-0.2, 0) is 20.0 Å². The number of ether oxygens (including phenoxy) is 1. The lowest BCUT2D eigenvalue weighted by atomic mass is 10.2. The molecule has 1 fully saturated rings. The van der Waals surface area contributed by atoms with Crippen LogP contribution in [0.5, 0.6) is 5.88 Å². The first kappa shape index (κ1) is 17.5. The number of hydrogen-bond acceptors (Lipinski definition) is 7. The van der Waals surface area contributed by atoms with E-state index in [1.165, 1.54) is 0 Å². The Morgan fingerprint density at radius 3 is 2.96 bits per heavy atom. The Labute approximate surface area is 147 Å². The van der Waals surface area contributed by atoms with Crippen LogP contribution in [-0.4, -0.2) is 51.2 Å². The molecule has 0 saturated carbocycles. The van der Waals surface area contributed by atoms with Crippen LogP contribution in [0.1, 0.15) is 31.0 Å². The van der Waals surface area contributed by atoms with Gasteiger partial charge in [0.25, 0.3) is 0 Å². The second-order valence-corrected chi connectivity index (χ2v) is 6.20. The van der Waals surface area contributed by atoms with Gasteiger partial charge in [0.05, 0.1) is 31.0 Å². The molecule has 3 rings (SSSR count). The van der Waals surface area contributed by atoms with E-state index < -0.39 is 0 Å². The summed E-state index contributed by atoms with van der Waals surface area (Å²) in [5.74, 6) is 2.36. The maximum atomic E-state index is 9.51. The summed E-state index contributed by atoms with van der Waals surface area (Å²) >= 11 is 0. The van der Waals surface area contributed by atoms with E-state index in [9.17, 15) is 5.11 Å². The zero-order chi connectivity index (χ0) is 17.8. The van der Waals surface area contributed by atoms with Crippen molar-refractivity contribution in [1.82, 2.24) is 19.7 Å². The fourth-order valence-electron chi connectivity index (χ4n) is 3.43. The first-order valence-corrected chi connectivity index (χ1v) is 8.70. The topological polar surface area (TPSA) is 88.3 Å². The van der Waals surface area contributed by atoms with E-state index in [2.05, 4.69) is 32.2 Å². The molecule has 8 nitrogen and oxygen atoms in total. The molecule has 0 amide bonds. The number of aliphatic hydroxyl groups excluding tert-OH is 1. The minimum Gasteiger partial charge on any atom is -0.481 e. The molecule has 1 aliphatic heterocycles. The van der Waals surface area contributed by atoms with Gasteiger partial charge in [-0.05, 0) is 19.3 Å². The standard InChI is InChI=1S/C17H26N6O2/c1-4-14-13(17(25-3)22(2)21-14)9-18-15-8-16(20-11-19-15)23-7-5-6-12(23)10-24/h8,11-12,24H,4-7,9-10H2,1-3H3,(H,18,19,20). The highest BCUT2D eigenvalue weighted by atomic mass is 16.5. The maximum Gasteiger partial charge on any atom is 0.216 e. The molecule has 0 aliphatic carbocycles. The van der Waals surface area contributed by atoms with Gasteiger partial charge in [0.15, 0.2) is 0 Å². The van der Waals surface area contributed by atoms with Crippen LogP contribution in [0.15, 0.2) is 12.4 Å². The van der Waals surface area contributed by atoms with Gasteiger partial charge in [-0.15, -0.1) is 0 Å². The van der Waals surface area contributed by atoms with Crippen LogP contribution in [0.3, 0.4) is 0 Å². The second kappa shape index (κ2) is 7.69. The van der Waals surface area contributed by atoms with Crippen molar-refractivity contribution in [2.24, 2.45) is 7.05 Å². The first-order chi connectivity index (χ1) is 12.2. The van der Waals surface area contributed by atoms with Gasteiger partial charge >= 0.3 is 0 Å². The van der Waals surface area contributed by atoms with E-state index in [0.717, 1.165) is 54.6 Å². The van der Waals surface area contributed by atoms with Crippen molar-refractivity contribution in [2.45, 2.75) is 38.8 Å². The zero-order valence-corrected chi connectivity index (χ0v) is 15.1. The maximum absolute atomic E-state index is 9.51. The van der Waals surface area contributed by atoms with Crippen molar-refractivity contribution in [1.29, 1.82) is 0 Å². The molecule has 0 bridgehead atoms. The average molecular weight is 346 g/mol. The fourth-order valence-corrected chi connectivity index (χ4v) is 3.43. The molecule has 0 spiro atoms. The van der Waals surface area contributed by atoms with Crippen LogP contribution in [0.2, 0.25) is 0 Å². The zero-order valence-electron chi connectivity index (χ0n) is 15.1. The predicted octanol–water partition coefficient (Wildman–Crippen LogP) is 1.35. The van der Waals surface area contributed by atoms with E-state index >= 15 is 0 Å². The van der Waals surface area contributed by atoms with Gasteiger partial charge in [-0.3, -0.25) is 0 Å². The number of hydrogen-bond donors (Lipinski definition) is 2. The molecule has 2 aromatic heterocycles. The molecule has 3 heterocycles. The number of aryl methyl sites for hydroxylation is 2. The number of nitrogens with zero attached hydrogens (tertiary/aromatic N) is 5. The average Bonchev–Trinajstić information content (AvgIpc) is 3.23. The normalized spacial score (nSPS) is 17.1. The molecule has 1 aliphatic rings. The largest absolute Gasteiger partial charge is 0.481 e. The van der Waals surface area contributed by atoms with E-state index in [0.29, 0.717) is 6.54 Å². The fraction of sp³-hybridized carbons (Fsp3) is 0.588. The SMILES string of the molecule is CCc1nn(C)c(OC)c1CNc1cc(N2CCCC2CO)ncn1. The van der Waals surface area contributed by atoms with Crippen molar-refractivity contribution in [2.75, 3.05) is 30.5 Å². The molecular formula is C17H26N6O2. The third-order valence-electron chi connectivity index (χ3n) is 4.68. The number of nitrogens with one attached hydrogen (secondary N) is 1. The molecule has 25 heavy (non-hydrogen) atoms. The number of aliphatic hydroxyl groups is 1. The van der Waals surface area contributed by atoms with Crippen LogP contribution in [0.4, 0.5) is 11.6 Å². The summed E-state index contributed by atoms with van der Waals surface area (Å²) in [5, 5.41) is 17.4. The van der Waals surface area contributed by atoms with Crippen molar-refractivity contribution in [3.05, 3.63) is 23.7 Å². The highest BCUT2D eigenvalue weighted by Gasteiger charge is 2.25. The Bertz CT molecular complexity index is 717. The number of aromatic nitrogens is 4. The van der Waals surface area contributed by atoms with Gasteiger partial charge in [0.2, 0.25) is 5.88 Å². The summed E-state index contributed by atoms with van der Waals surface area (Å²) in [4.78, 5) is 10.8. The van der Waals surface area contributed by atoms with Crippen molar-refractivity contribution in [3.63, 3.8) is 0 Å². The molecule has 136 valence electrons. The molecular weight excluding hydrogens is 320 g/mol. The third kappa shape index (κ3) is 3.53. The van der Waals surface area contributed by atoms with Crippen molar-refractivity contribution in [3.8, 4) is 5.88 Å². The lowest BCUT2D eigenvalue weighted by molar-refractivity contribution is 0.266. The van der Waals surface area contributed by atoms with Crippen molar-refractivity contribution < 1.29 is 9.84 Å². The monoisotopic (exact) mass is 346 g/mol. The third-order valence-corrected chi connectivity index (χ3v) is 4.68. The highest BCUT2D eigenvalue weighted by Crippen LogP contribution is 2.26. The number of rotatable bonds is 7. The second-order valence-electron chi connectivity index (χ2n) is 6.20. The molecule has 1 atom stereocenters. The van der Waals surface area contributed by atoms with Crippen molar-refractivity contribution >= 4 is 11.6 Å². The quantitative estimate of drug-likeness (QED) is 0.782. The Balaban J connectivity index is 1.75. The lowest BCUT2D eigenvalue weighted by Gasteiger charge is -2.24. The predicted molar refractivity (Wildman–Crippen MR) is 96.0 cm³/mol. The smallest absolute Gasteiger partial charge is 0.216 e. The van der Waals surface area contributed by atoms with Gasteiger partial charge in [-0.1, -0.05) is 6.92 Å². The number of methoxy groups -OCH3 is 1. The van der Waals surface area contributed by atoms with E-state index in [-0.39, 0.29) is 12.6 Å². The summed E-state index contributed by atoms with van der Waals surface area (Å²) in [6.45, 7) is 3.73. The first-order valence-electron chi connectivity index (χ1n) is 8.70.